The number of rotatable bonds is 5. The second kappa shape index (κ2) is 5.27. The maximum atomic E-state index is 10.9. The molecule has 0 bridgehead atoms. The lowest BCUT2D eigenvalue weighted by Gasteiger charge is -2.28. The second-order valence-electron chi connectivity index (χ2n) is 4.74. The molecule has 0 aliphatic carbocycles. The predicted octanol–water partition coefficient (Wildman–Crippen LogP) is 1.96. The minimum Gasteiger partial charge on any atom is -0.495 e. The van der Waals surface area contributed by atoms with E-state index in [1.165, 1.54) is 19.2 Å². The number of carbonyl (C=O) groups is 1. The lowest BCUT2D eigenvalue weighted by molar-refractivity contribution is 0.0648. The molecule has 0 amide bonds. The van der Waals surface area contributed by atoms with Gasteiger partial charge in [0.25, 0.3) is 0 Å². The summed E-state index contributed by atoms with van der Waals surface area (Å²) in [7, 11) is 1.51. The molecule has 0 aliphatic rings. The van der Waals surface area contributed by atoms with E-state index < -0.39 is 11.6 Å². The molecule has 3 N–H and O–H groups in total. The van der Waals surface area contributed by atoms with Crippen LogP contribution >= 0.6 is 0 Å². The molecule has 0 radical (unpaired) electrons. The summed E-state index contributed by atoms with van der Waals surface area (Å²) in [6.07, 6.45) is 0. The van der Waals surface area contributed by atoms with Gasteiger partial charge in [-0.2, -0.15) is 0 Å². The second-order valence-corrected chi connectivity index (χ2v) is 4.74. The molecule has 100 valence electrons. The highest BCUT2D eigenvalue weighted by Crippen LogP contribution is 2.27. The van der Waals surface area contributed by atoms with Crippen LogP contribution in [0.25, 0.3) is 0 Å². The minimum atomic E-state index is -1.00. The maximum Gasteiger partial charge on any atom is 0.335 e. The van der Waals surface area contributed by atoms with Crippen LogP contribution in [0.5, 0.6) is 5.75 Å². The quantitative estimate of drug-likeness (QED) is 0.747. The van der Waals surface area contributed by atoms with Crippen LogP contribution in [0.3, 0.4) is 0 Å². The van der Waals surface area contributed by atoms with Crippen LogP contribution < -0.4 is 10.1 Å². The number of ether oxygens (including phenoxy) is 1. The Morgan fingerprint density at radius 3 is 2.50 bits per heavy atom. The lowest BCUT2D eigenvalue weighted by atomic mass is 10.0. The van der Waals surface area contributed by atoms with E-state index >= 15 is 0 Å². The Balaban J connectivity index is 3.05. The van der Waals surface area contributed by atoms with E-state index in [1.807, 2.05) is 6.92 Å². The monoisotopic (exact) mass is 253 g/mol. The number of aliphatic hydroxyl groups is 1. The SMILES string of the molecule is COc1ccc(C(=O)O)cc1NC(C)C(C)(C)O. The smallest absolute Gasteiger partial charge is 0.335 e. The van der Waals surface area contributed by atoms with E-state index in [0.717, 1.165) is 0 Å². The van der Waals surface area contributed by atoms with Crippen LogP contribution in [-0.2, 0) is 0 Å². The van der Waals surface area contributed by atoms with Crippen LogP contribution in [-0.4, -0.2) is 34.9 Å². The largest absolute Gasteiger partial charge is 0.495 e. The Bertz CT molecular complexity index is 437. The molecule has 5 heteroatoms. The van der Waals surface area contributed by atoms with Crippen molar-refractivity contribution in [1.29, 1.82) is 0 Å². The van der Waals surface area contributed by atoms with Gasteiger partial charge >= 0.3 is 5.97 Å². The van der Waals surface area contributed by atoms with Crippen molar-refractivity contribution < 1.29 is 19.7 Å². The van der Waals surface area contributed by atoms with Crippen molar-refractivity contribution in [2.24, 2.45) is 0 Å². The number of hydrogen-bond acceptors (Lipinski definition) is 4. The van der Waals surface area contributed by atoms with Gasteiger partial charge in [0.2, 0.25) is 0 Å². The van der Waals surface area contributed by atoms with Gasteiger partial charge in [-0.25, -0.2) is 4.79 Å². The highest BCUT2D eigenvalue weighted by molar-refractivity contribution is 5.89. The first-order valence-electron chi connectivity index (χ1n) is 5.66. The molecule has 1 rings (SSSR count). The molecule has 0 saturated carbocycles. The van der Waals surface area contributed by atoms with Crippen LogP contribution in [0.2, 0.25) is 0 Å². The molecule has 1 unspecified atom stereocenters. The molecule has 1 aromatic carbocycles. The summed E-state index contributed by atoms with van der Waals surface area (Å²) in [6.45, 7) is 5.17. The Labute approximate surface area is 106 Å². The van der Waals surface area contributed by atoms with Crippen molar-refractivity contribution in [3.8, 4) is 5.75 Å². The van der Waals surface area contributed by atoms with Gasteiger partial charge in [0, 0.05) is 0 Å². The number of carboxylic acid groups (broad SMARTS) is 1. The predicted molar refractivity (Wildman–Crippen MR) is 69.3 cm³/mol. The molecule has 5 nitrogen and oxygen atoms in total. The van der Waals surface area contributed by atoms with Gasteiger partial charge in [0.15, 0.2) is 0 Å². The van der Waals surface area contributed by atoms with Crippen molar-refractivity contribution in [2.45, 2.75) is 32.4 Å². The Hall–Kier alpha value is -1.75. The summed E-state index contributed by atoms with van der Waals surface area (Å²) in [6, 6.07) is 4.29. The standard InChI is InChI=1S/C13H19NO4/c1-8(13(2,3)17)14-10-7-9(12(15)16)5-6-11(10)18-4/h5-8,14,17H,1-4H3,(H,15,16). The van der Waals surface area contributed by atoms with Crippen LogP contribution in [0.4, 0.5) is 5.69 Å². The summed E-state index contributed by atoms with van der Waals surface area (Å²) in [5.41, 5.74) is -0.210. The van der Waals surface area contributed by atoms with Gasteiger partial charge in [-0.05, 0) is 39.0 Å². The lowest BCUT2D eigenvalue weighted by Crippen LogP contribution is -2.39. The van der Waals surface area contributed by atoms with E-state index in [2.05, 4.69) is 5.32 Å². The van der Waals surface area contributed by atoms with Crippen molar-refractivity contribution in [1.82, 2.24) is 0 Å². The van der Waals surface area contributed by atoms with Crippen molar-refractivity contribution in [2.75, 3.05) is 12.4 Å². The topological polar surface area (TPSA) is 78.8 Å². The first-order chi connectivity index (χ1) is 8.25. The molecule has 0 spiro atoms. The molecule has 0 aliphatic heterocycles. The fraction of sp³-hybridized carbons (Fsp3) is 0.462. The molecule has 1 atom stereocenters. The first-order valence-corrected chi connectivity index (χ1v) is 5.66. The molecule has 18 heavy (non-hydrogen) atoms. The normalized spacial score (nSPS) is 12.9. The number of aromatic carboxylic acids is 1. The summed E-state index contributed by atoms with van der Waals surface area (Å²) in [5.74, 6) is -0.465. The molecular formula is C13H19NO4. The van der Waals surface area contributed by atoms with E-state index in [1.54, 1.807) is 19.9 Å². The third-order valence-electron chi connectivity index (χ3n) is 2.88. The van der Waals surface area contributed by atoms with Gasteiger partial charge in [-0.1, -0.05) is 0 Å². The van der Waals surface area contributed by atoms with E-state index in [4.69, 9.17) is 9.84 Å². The van der Waals surface area contributed by atoms with Gasteiger partial charge in [0.05, 0.1) is 30.0 Å². The third-order valence-corrected chi connectivity index (χ3v) is 2.88. The number of carboxylic acids is 1. The van der Waals surface area contributed by atoms with Crippen molar-refractivity contribution >= 4 is 11.7 Å². The summed E-state index contributed by atoms with van der Waals surface area (Å²) < 4.78 is 5.16. The van der Waals surface area contributed by atoms with Gasteiger partial charge < -0.3 is 20.3 Å². The number of methoxy groups -OCH3 is 1. The number of nitrogens with one attached hydrogen (secondary N) is 1. The zero-order valence-electron chi connectivity index (χ0n) is 11.0. The zero-order valence-corrected chi connectivity index (χ0v) is 11.0. The Morgan fingerprint density at radius 2 is 2.06 bits per heavy atom. The highest BCUT2D eigenvalue weighted by atomic mass is 16.5. The fourth-order valence-corrected chi connectivity index (χ4v) is 1.36. The molecule has 0 saturated heterocycles. The Kier molecular flexibility index (Phi) is 4.19. The first kappa shape index (κ1) is 14.3. The molecular weight excluding hydrogens is 234 g/mol. The zero-order chi connectivity index (χ0) is 13.9. The maximum absolute atomic E-state index is 10.9. The van der Waals surface area contributed by atoms with Crippen molar-refractivity contribution in [3.05, 3.63) is 23.8 Å². The Morgan fingerprint density at radius 1 is 1.44 bits per heavy atom. The molecule has 1 aromatic rings. The van der Waals surface area contributed by atoms with E-state index in [-0.39, 0.29) is 11.6 Å². The van der Waals surface area contributed by atoms with Gasteiger partial charge in [-0.15, -0.1) is 0 Å². The number of benzene rings is 1. The summed E-state index contributed by atoms with van der Waals surface area (Å²) in [5, 5.41) is 21.9. The average molecular weight is 253 g/mol. The van der Waals surface area contributed by atoms with E-state index in [0.29, 0.717) is 11.4 Å². The molecule has 0 fully saturated rings. The van der Waals surface area contributed by atoms with Crippen LogP contribution in [0.15, 0.2) is 18.2 Å². The number of anilines is 1. The van der Waals surface area contributed by atoms with Gasteiger partial charge in [0.1, 0.15) is 5.75 Å². The third kappa shape index (κ3) is 3.37. The summed E-state index contributed by atoms with van der Waals surface area (Å²) in [4.78, 5) is 10.9. The highest BCUT2D eigenvalue weighted by Gasteiger charge is 2.23. The molecule has 0 aromatic heterocycles. The van der Waals surface area contributed by atoms with Crippen molar-refractivity contribution in [3.63, 3.8) is 0 Å². The summed E-state index contributed by atoms with van der Waals surface area (Å²) >= 11 is 0. The van der Waals surface area contributed by atoms with Crippen LogP contribution in [0.1, 0.15) is 31.1 Å². The number of hydrogen-bond donors (Lipinski definition) is 3. The van der Waals surface area contributed by atoms with Gasteiger partial charge in [-0.3, -0.25) is 0 Å². The fourth-order valence-electron chi connectivity index (χ4n) is 1.36. The van der Waals surface area contributed by atoms with Crippen LogP contribution in [0, 0.1) is 0 Å². The minimum absolute atomic E-state index is 0.168. The van der Waals surface area contributed by atoms with E-state index in [9.17, 15) is 9.90 Å². The average Bonchev–Trinajstić information content (AvgIpc) is 2.27. The molecule has 0 heterocycles.